The van der Waals surface area contributed by atoms with Gasteiger partial charge in [-0.2, -0.15) is 15.0 Å². The van der Waals surface area contributed by atoms with Crippen molar-refractivity contribution in [1.29, 1.82) is 0 Å². The third-order valence-electron chi connectivity index (χ3n) is 4.31. The lowest BCUT2D eigenvalue weighted by Crippen LogP contribution is -2.25. The predicted molar refractivity (Wildman–Crippen MR) is 108 cm³/mol. The maximum atomic E-state index is 6.12. The van der Waals surface area contributed by atoms with Crippen molar-refractivity contribution in [3.05, 3.63) is 69.8 Å². The highest BCUT2D eigenvalue weighted by atomic mass is 35.5. The van der Waals surface area contributed by atoms with Crippen LogP contribution in [0.25, 0.3) is 11.3 Å². The van der Waals surface area contributed by atoms with E-state index in [0.29, 0.717) is 29.2 Å². The molecule has 0 bridgehead atoms. The molecule has 4 nitrogen and oxygen atoms in total. The smallest absolute Gasteiger partial charge is 0.117 e. The highest BCUT2D eigenvalue weighted by Gasteiger charge is 2.14. The van der Waals surface area contributed by atoms with E-state index in [1.54, 1.807) is 10.9 Å². The van der Waals surface area contributed by atoms with Crippen LogP contribution in [0.4, 0.5) is 0 Å². The van der Waals surface area contributed by atoms with Gasteiger partial charge in [-0.3, -0.25) is 0 Å². The van der Waals surface area contributed by atoms with Crippen LogP contribution in [0.1, 0.15) is 31.5 Å². The molecule has 1 heterocycles. The number of hydrogen-bond donors (Lipinski definition) is 1. The molecule has 0 unspecified atom stereocenters. The topological polar surface area (TPSA) is 42.7 Å². The van der Waals surface area contributed by atoms with E-state index in [1.165, 1.54) is 0 Å². The van der Waals surface area contributed by atoms with Crippen molar-refractivity contribution in [2.45, 2.75) is 39.4 Å². The largest absolute Gasteiger partial charge is 0.309 e. The van der Waals surface area contributed by atoms with Crippen molar-refractivity contribution in [1.82, 2.24) is 20.3 Å². The van der Waals surface area contributed by atoms with Crippen molar-refractivity contribution in [2.24, 2.45) is 0 Å². The average molecular weight is 389 g/mol. The summed E-state index contributed by atoms with van der Waals surface area (Å²) in [5.74, 6) is 0. The minimum absolute atomic E-state index is 0.429. The van der Waals surface area contributed by atoms with Gasteiger partial charge in [0.15, 0.2) is 0 Å². The first kappa shape index (κ1) is 18.9. The van der Waals surface area contributed by atoms with Gasteiger partial charge in [0.05, 0.1) is 16.6 Å². The number of rotatable bonds is 7. The summed E-state index contributed by atoms with van der Waals surface area (Å²) in [6, 6.07) is 16.2. The lowest BCUT2D eigenvalue weighted by molar-refractivity contribution is 0.520. The third-order valence-corrected chi connectivity index (χ3v) is 5.05. The molecule has 0 aliphatic heterocycles. The zero-order valence-electron chi connectivity index (χ0n) is 14.9. The summed E-state index contributed by atoms with van der Waals surface area (Å²) in [7, 11) is 0. The van der Waals surface area contributed by atoms with E-state index in [1.807, 2.05) is 30.3 Å². The number of aromatic nitrogens is 3. The zero-order chi connectivity index (χ0) is 18.5. The predicted octanol–water partition coefficient (Wildman–Crippen LogP) is 5.19. The molecule has 136 valence electrons. The van der Waals surface area contributed by atoms with E-state index in [-0.39, 0.29) is 0 Å². The van der Waals surface area contributed by atoms with Crippen molar-refractivity contribution in [3.63, 3.8) is 0 Å². The Morgan fingerprint density at radius 2 is 1.81 bits per heavy atom. The quantitative estimate of drug-likeness (QED) is 0.605. The molecule has 0 fully saturated rings. The standard InChI is InChI=1S/C20H22Cl2N4/c1-3-14(2)23-12-19-20(16-7-5-4-6-8-16)25-26(24-19)13-15-9-10-17(21)18(22)11-15/h4-11,14,23H,3,12-13H2,1-2H3/t14-/m0/s1. The molecule has 1 atom stereocenters. The summed E-state index contributed by atoms with van der Waals surface area (Å²) >= 11 is 12.1. The van der Waals surface area contributed by atoms with Crippen LogP contribution in [0.3, 0.4) is 0 Å². The van der Waals surface area contributed by atoms with Gasteiger partial charge in [0.2, 0.25) is 0 Å². The van der Waals surface area contributed by atoms with Gasteiger partial charge in [-0.15, -0.1) is 0 Å². The van der Waals surface area contributed by atoms with Crippen LogP contribution in [-0.2, 0) is 13.1 Å². The molecule has 0 spiro atoms. The number of nitrogens with one attached hydrogen (secondary N) is 1. The van der Waals surface area contributed by atoms with Crippen LogP contribution in [0.5, 0.6) is 0 Å². The highest BCUT2D eigenvalue weighted by Crippen LogP contribution is 2.24. The molecule has 0 amide bonds. The van der Waals surface area contributed by atoms with Gasteiger partial charge in [-0.25, -0.2) is 0 Å². The normalized spacial score (nSPS) is 12.3. The SMILES string of the molecule is CC[C@H](C)NCc1nn(Cc2ccc(Cl)c(Cl)c2)nc1-c1ccccc1. The molecule has 1 aromatic heterocycles. The molecule has 26 heavy (non-hydrogen) atoms. The molecular weight excluding hydrogens is 367 g/mol. The fourth-order valence-corrected chi connectivity index (χ4v) is 2.93. The maximum absolute atomic E-state index is 6.12. The second-order valence-corrected chi connectivity index (χ2v) is 7.14. The number of hydrogen-bond acceptors (Lipinski definition) is 3. The van der Waals surface area contributed by atoms with Gasteiger partial charge in [0, 0.05) is 18.2 Å². The second kappa shape index (κ2) is 8.67. The van der Waals surface area contributed by atoms with Gasteiger partial charge in [-0.05, 0) is 31.0 Å². The third kappa shape index (κ3) is 4.64. The van der Waals surface area contributed by atoms with Gasteiger partial charge in [0.25, 0.3) is 0 Å². The monoisotopic (exact) mass is 388 g/mol. The lowest BCUT2D eigenvalue weighted by Gasteiger charge is -2.10. The molecule has 0 saturated heterocycles. The summed E-state index contributed by atoms with van der Waals surface area (Å²) in [5.41, 5.74) is 3.92. The summed E-state index contributed by atoms with van der Waals surface area (Å²) in [4.78, 5) is 1.72. The molecule has 0 radical (unpaired) electrons. The molecule has 2 aromatic carbocycles. The minimum atomic E-state index is 0.429. The molecular formula is C20H22Cl2N4. The van der Waals surface area contributed by atoms with Crippen LogP contribution in [0.2, 0.25) is 10.0 Å². The molecule has 3 rings (SSSR count). The highest BCUT2D eigenvalue weighted by molar-refractivity contribution is 6.42. The van der Waals surface area contributed by atoms with Crippen LogP contribution >= 0.6 is 23.2 Å². The number of benzene rings is 2. The average Bonchev–Trinajstić information content (AvgIpc) is 3.06. The Hall–Kier alpha value is -1.88. The fraction of sp³-hybridized carbons (Fsp3) is 0.300. The first-order valence-electron chi connectivity index (χ1n) is 8.73. The first-order valence-corrected chi connectivity index (χ1v) is 9.49. The van der Waals surface area contributed by atoms with E-state index in [0.717, 1.165) is 28.9 Å². The van der Waals surface area contributed by atoms with Gasteiger partial charge >= 0.3 is 0 Å². The Morgan fingerprint density at radius 1 is 1.04 bits per heavy atom. The molecule has 1 N–H and O–H groups in total. The van der Waals surface area contributed by atoms with Crippen molar-refractivity contribution in [3.8, 4) is 11.3 Å². The maximum Gasteiger partial charge on any atom is 0.117 e. The first-order chi connectivity index (χ1) is 12.6. The molecule has 3 aromatic rings. The zero-order valence-corrected chi connectivity index (χ0v) is 16.4. The van der Waals surface area contributed by atoms with Crippen LogP contribution < -0.4 is 5.32 Å². The van der Waals surface area contributed by atoms with Gasteiger partial charge < -0.3 is 5.32 Å². The Balaban J connectivity index is 1.88. The molecule has 0 saturated carbocycles. The lowest BCUT2D eigenvalue weighted by atomic mass is 10.1. The Morgan fingerprint density at radius 3 is 2.50 bits per heavy atom. The summed E-state index contributed by atoms with van der Waals surface area (Å²) in [5, 5.41) is 14.0. The molecule has 0 aliphatic rings. The summed E-state index contributed by atoms with van der Waals surface area (Å²) in [6.07, 6.45) is 1.07. The van der Waals surface area contributed by atoms with E-state index in [9.17, 15) is 0 Å². The van der Waals surface area contributed by atoms with E-state index >= 15 is 0 Å². The number of halogens is 2. The van der Waals surface area contributed by atoms with Crippen molar-refractivity contribution in [2.75, 3.05) is 0 Å². The second-order valence-electron chi connectivity index (χ2n) is 6.33. The van der Waals surface area contributed by atoms with Crippen LogP contribution in [0, 0.1) is 0 Å². The molecule has 0 aliphatic carbocycles. The fourth-order valence-electron chi connectivity index (χ4n) is 2.61. The number of nitrogens with zero attached hydrogens (tertiary/aromatic N) is 3. The van der Waals surface area contributed by atoms with Crippen LogP contribution in [-0.4, -0.2) is 21.0 Å². The van der Waals surface area contributed by atoms with E-state index in [2.05, 4.69) is 31.3 Å². The van der Waals surface area contributed by atoms with Crippen molar-refractivity contribution < 1.29 is 0 Å². The van der Waals surface area contributed by atoms with E-state index < -0.39 is 0 Å². The minimum Gasteiger partial charge on any atom is -0.309 e. The summed E-state index contributed by atoms with van der Waals surface area (Å²) < 4.78 is 0. The van der Waals surface area contributed by atoms with E-state index in [4.69, 9.17) is 33.4 Å². The van der Waals surface area contributed by atoms with Crippen LogP contribution in [0.15, 0.2) is 48.5 Å². The Labute approximate surface area is 164 Å². The Bertz CT molecular complexity index is 862. The van der Waals surface area contributed by atoms with Crippen molar-refractivity contribution >= 4 is 23.2 Å². The Kier molecular flexibility index (Phi) is 6.30. The molecule has 6 heteroatoms. The van der Waals surface area contributed by atoms with Gasteiger partial charge in [0.1, 0.15) is 11.4 Å². The summed E-state index contributed by atoms with van der Waals surface area (Å²) in [6.45, 7) is 5.56. The van der Waals surface area contributed by atoms with Gasteiger partial charge in [-0.1, -0.05) is 66.5 Å².